The molecule has 8 heteroatoms. The Hall–Kier alpha value is -1.34. The highest BCUT2D eigenvalue weighted by molar-refractivity contribution is 6.42. The van der Waals surface area contributed by atoms with Crippen LogP contribution in [0.15, 0.2) is 18.2 Å². The number of amides is 2. The molecule has 0 saturated carbocycles. The maximum atomic E-state index is 12.6. The number of likely N-dealkylation sites (N-methyl/N-ethyl adjacent to an activating group) is 1. The summed E-state index contributed by atoms with van der Waals surface area (Å²) in [6.45, 7) is 8.55. The largest absolute Gasteiger partial charge is 0.349 e. The minimum Gasteiger partial charge on any atom is -0.349 e. The van der Waals surface area contributed by atoms with Gasteiger partial charge in [-0.2, -0.15) is 0 Å². The van der Waals surface area contributed by atoms with Gasteiger partial charge in [-0.15, -0.1) is 0 Å². The van der Waals surface area contributed by atoms with Crippen molar-refractivity contribution >= 4 is 35.0 Å². The molecule has 1 atom stereocenters. The van der Waals surface area contributed by atoms with Crippen LogP contribution in [-0.4, -0.2) is 69.1 Å². The molecule has 2 rings (SSSR count). The molecule has 2 amide bonds. The Morgan fingerprint density at radius 3 is 2.48 bits per heavy atom. The number of nitrogens with zero attached hydrogens (tertiary/aromatic N) is 1. The molecule has 1 unspecified atom stereocenters. The molecule has 27 heavy (non-hydrogen) atoms. The van der Waals surface area contributed by atoms with E-state index in [9.17, 15) is 9.59 Å². The first-order chi connectivity index (χ1) is 12.7. The number of carbonyl (C=O) groups excluding carboxylic acids is 2. The zero-order chi connectivity index (χ0) is 20.0. The van der Waals surface area contributed by atoms with Gasteiger partial charge in [0.1, 0.15) is 6.54 Å². The minimum absolute atomic E-state index is 0.0746. The van der Waals surface area contributed by atoms with Crippen molar-refractivity contribution in [2.24, 2.45) is 0 Å². The van der Waals surface area contributed by atoms with Gasteiger partial charge in [0.15, 0.2) is 13.1 Å². The summed E-state index contributed by atoms with van der Waals surface area (Å²) in [5.41, 5.74) is 1.06. The molecule has 3 N–H and O–H groups in total. The van der Waals surface area contributed by atoms with Crippen LogP contribution in [-0.2, 0) is 16.1 Å². The molecule has 1 aromatic rings. The third-order valence-electron chi connectivity index (χ3n) is 4.63. The maximum Gasteiger partial charge on any atom is 0.278 e. The predicted molar refractivity (Wildman–Crippen MR) is 107 cm³/mol. The van der Waals surface area contributed by atoms with Crippen molar-refractivity contribution in [3.05, 3.63) is 33.8 Å². The molecule has 1 fully saturated rings. The smallest absolute Gasteiger partial charge is 0.278 e. The second-order valence-corrected chi connectivity index (χ2v) is 8.40. The lowest BCUT2D eigenvalue weighted by molar-refractivity contribution is -0.897. The molecule has 0 aromatic heterocycles. The first-order valence-corrected chi connectivity index (χ1v) is 10.2. The molecule has 1 saturated heterocycles. The van der Waals surface area contributed by atoms with Gasteiger partial charge >= 0.3 is 0 Å². The fraction of sp³-hybridized carbons (Fsp3) is 0.579. The van der Waals surface area contributed by atoms with Crippen molar-refractivity contribution in [1.29, 1.82) is 0 Å². The number of quaternary nitrogens is 2. The molecular weight excluding hydrogens is 387 g/mol. The molecular formula is C19H30Cl2N4O2+2. The van der Waals surface area contributed by atoms with E-state index in [4.69, 9.17) is 23.2 Å². The second-order valence-electron chi connectivity index (χ2n) is 7.59. The molecule has 1 aliphatic heterocycles. The molecule has 0 aliphatic carbocycles. The van der Waals surface area contributed by atoms with Crippen LogP contribution in [0.25, 0.3) is 0 Å². The van der Waals surface area contributed by atoms with E-state index in [-0.39, 0.29) is 17.9 Å². The van der Waals surface area contributed by atoms with Gasteiger partial charge in [0, 0.05) is 11.6 Å². The quantitative estimate of drug-likeness (QED) is 0.548. The molecule has 0 spiro atoms. The summed E-state index contributed by atoms with van der Waals surface area (Å²) in [7, 11) is 2.00. The zero-order valence-corrected chi connectivity index (χ0v) is 17.8. The van der Waals surface area contributed by atoms with Crippen LogP contribution >= 0.6 is 23.2 Å². The van der Waals surface area contributed by atoms with Gasteiger partial charge in [-0.3, -0.25) is 9.59 Å². The molecule has 0 bridgehead atoms. The Labute approximate surface area is 171 Å². The molecule has 1 aliphatic rings. The number of carbonyl (C=O) groups is 2. The van der Waals surface area contributed by atoms with E-state index in [1.165, 1.54) is 4.90 Å². The number of hydrogen-bond acceptors (Lipinski definition) is 2. The molecule has 0 radical (unpaired) electrons. The number of nitrogens with one attached hydrogen (secondary N) is 3. The van der Waals surface area contributed by atoms with Crippen LogP contribution < -0.4 is 15.1 Å². The summed E-state index contributed by atoms with van der Waals surface area (Å²) in [5.74, 6) is 0.226. The van der Waals surface area contributed by atoms with E-state index in [2.05, 4.69) is 5.32 Å². The average molecular weight is 417 g/mol. The highest BCUT2D eigenvalue weighted by Crippen LogP contribution is 2.22. The van der Waals surface area contributed by atoms with Gasteiger partial charge in [-0.1, -0.05) is 29.3 Å². The summed E-state index contributed by atoms with van der Waals surface area (Å²) in [6, 6.07) is 5.73. The molecule has 150 valence electrons. The van der Waals surface area contributed by atoms with Gasteiger partial charge in [-0.25, -0.2) is 0 Å². The Kier molecular flexibility index (Phi) is 8.35. The normalized spacial score (nSPS) is 16.4. The van der Waals surface area contributed by atoms with E-state index in [0.717, 1.165) is 23.6 Å². The second kappa shape index (κ2) is 10.3. The van der Waals surface area contributed by atoms with Crippen molar-refractivity contribution in [3.63, 3.8) is 0 Å². The fourth-order valence-electron chi connectivity index (χ4n) is 3.28. The van der Waals surface area contributed by atoms with Gasteiger partial charge in [0.2, 0.25) is 0 Å². The molecule has 1 aromatic carbocycles. The molecule has 6 nitrogen and oxygen atoms in total. The third-order valence-corrected chi connectivity index (χ3v) is 5.37. The summed E-state index contributed by atoms with van der Waals surface area (Å²) in [4.78, 5) is 28.7. The number of benzene rings is 1. The van der Waals surface area contributed by atoms with Crippen LogP contribution in [0.5, 0.6) is 0 Å². The fourth-order valence-corrected chi connectivity index (χ4v) is 3.60. The third kappa shape index (κ3) is 7.30. The van der Waals surface area contributed by atoms with Crippen LogP contribution in [0.4, 0.5) is 0 Å². The Bertz CT molecular complexity index is 661. The number of halogens is 2. The monoisotopic (exact) mass is 416 g/mol. The summed E-state index contributed by atoms with van der Waals surface area (Å²) >= 11 is 12.0. The standard InChI is InChI=1S/C19H28Cl2N4O2/c1-14(2)22-18(26)12-24-6-8-25(9-7-24)19(27)13-23(3)11-15-4-5-16(20)17(21)10-15/h4-5,10,14H,6-9,11-13H2,1-3H3,(H,22,26)/p+2. The van der Waals surface area contributed by atoms with Crippen molar-refractivity contribution in [2.75, 3.05) is 46.3 Å². The van der Waals surface area contributed by atoms with Gasteiger partial charge < -0.3 is 20.0 Å². The van der Waals surface area contributed by atoms with Crippen LogP contribution in [0.3, 0.4) is 0 Å². The lowest BCUT2D eigenvalue weighted by Crippen LogP contribution is -3.16. The lowest BCUT2D eigenvalue weighted by Gasteiger charge is -2.32. The highest BCUT2D eigenvalue weighted by atomic mass is 35.5. The van der Waals surface area contributed by atoms with Crippen molar-refractivity contribution in [3.8, 4) is 0 Å². The Morgan fingerprint density at radius 1 is 1.22 bits per heavy atom. The lowest BCUT2D eigenvalue weighted by atomic mass is 10.2. The van der Waals surface area contributed by atoms with Crippen molar-refractivity contribution in [2.45, 2.75) is 26.4 Å². The van der Waals surface area contributed by atoms with Crippen molar-refractivity contribution in [1.82, 2.24) is 10.2 Å². The van der Waals surface area contributed by atoms with Crippen molar-refractivity contribution < 1.29 is 19.4 Å². The average Bonchev–Trinajstić information content (AvgIpc) is 2.58. The van der Waals surface area contributed by atoms with Crippen LogP contribution in [0, 0.1) is 0 Å². The van der Waals surface area contributed by atoms with E-state index in [1.54, 1.807) is 6.07 Å². The SMILES string of the molecule is CC(C)NC(=O)C[NH+]1CCN(C(=O)C[NH+](C)Cc2ccc(Cl)c(Cl)c2)CC1. The topological polar surface area (TPSA) is 58.3 Å². The van der Waals surface area contributed by atoms with E-state index in [0.29, 0.717) is 42.8 Å². The van der Waals surface area contributed by atoms with E-state index in [1.807, 2.05) is 37.9 Å². The predicted octanol–water partition coefficient (Wildman–Crippen LogP) is -0.740. The number of rotatable bonds is 7. The van der Waals surface area contributed by atoms with Crippen LogP contribution in [0.2, 0.25) is 10.0 Å². The summed E-state index contributed by atoms with van der Waals surface area (Å²) in [5, 5.41) is 3.99. The van der Waals surface area contributed by atoms with Gasteiger partial charge in [0.05, 0.1) is 43.3 Å². The summed E-state index contributed by atoms with van der Waals surface area (Å²) < 4.78 is 0. The zero-order valence-electron chi connectivity index (χ0n) is 16.3. The maximum absolute atomic E-state index is 12.6. The highest BCUT2D eigenvalue weighted by Gasteiger charge is 2.26. The number of hydrogen-bond donors (Lipinski definition) is 3. The van der Waals surface area contributed by atoms with E-state index < -0.39 is 0 Å². The van der Waals surface area contributed by atoms with E-state index >= 15 is 0 Å². The minimum atomic E-state index is 0.0746. The molecule has 1 heterocycles. The summed E-state index contributed by atoms with van der Waals surface area (Å²) in [6.07, 6.45) is 0. The first kappa shape index (κ1) is 22.0. The Morgan fingerprint density at radius 2 is 1.89 bits per heavy atom. The van der Waals surface area contributed by atoms with Gasteiger partial charge in [-0.05, 0) is 26.0 Å². The Balaban J connectivity index is 1.75. The van der Waals surface area contributed by atoms with Gasteiger partial charge in [0.25, 0.3) is 11.8 Å². The first-order valence-electron chi connectivity index (χ1n) is 9.40. The van der Waals surface area contributed by atoms with Crippen LogP contribution in [0.1, 0.15) is 19.4 Å². The number of piperazine rings is 1.